The number of rotatable bonds is 3. The van der Waals surface area contributed by atoms with Gasteiger partial charge in [0.1, 0.15) is 5.75 Å². The van der Waals surface area contributed by atoms with E-state index in [1.165, 1.54) is 4.90 Å². The van der Waals surface area contributed by atoms with E-state index in [0.717, 1.165) is 0 Å². The maximum Gasteiger partial charge on any atom is 0.263 e. The fourth-order valence-corrected chi connectivity index (χ4v) is 2.07. The van der Waals surface area contributed by atoms with Crippen molar-refractivity contribution in [1.82, 2.24) is 4.90 Å². The molecule has 1 fully saturated rings. The lowest BCUT2D eigenvalue weighted by Crippen LogP contribution is -2.39. The van der Waals surface area contributed by atoms with Gasteiger partial charge >= 0.3 is 0 Å². The summed E-state index contributed by atoms with van der Waals surface area (Å²) in [5.74, 6) is 0.204. The smallest absolute Gasteiger partial charge is 0.263 e. The van der Waals surface area contributed by atoms with Crippen molar-refractivity contribution in [1.29, 1.82) is 5.26 Å². The van der Waals surface area contributed by atoms with Gasteiger partial charge in [-0.2, -0.15) is 5.26 Å². The van der Waals surface area contributed by atoms with Crippen LogP contribution >= 0.6 is 0 Å². The average molecular weight is 276 g/mol. The molecule has 1 unspecified atom stereocenters. The number of hydrogen-bond donors (Lipinski definition) is 2. The first kappa shape index (κ1) is 14.3. The van der Waals surface area contributed by atoms with Gasteiger partial charge in [0.2, 0.25) is 0 Å². The first-order valence-electron chi connectivity index (χ1n) is 6.33. The number of aliphatic hydroxyl groups excluding tert-OH is 2. The van der Waals surface area contributed by atoms with Crippen LogP contribution < -0.4 is 4.74 Å². The average Bonchev–Trinajstić information content (AvgIpc) is 2.78. The second kappa shape index (κ2) is 5.90. The Morgan fingerprint density at radius 2 is 1.90 bits per heavy atom. The highest BCUT2D eigenvalue weighted by molar-refractivity contribution is 5.81. The third-order valence-electron chi connectivity index (χ3n) is 3.21. The Morgan fingerprint density at radius 3 is 2.40 bits per heavy atom. The molecule has 2 N–H and O–H groups in total. The van der Waals surface area contributed by atoms with Crippen molar-refractivity contribution < 1.29 is 19.7 Å². The molecule has 3 atom stereocenters. The molecule has 2 rings (SSSR count). The SMILES string of the molecule is CC(Oc1ccc(C#N)cc1)C(=O)N1C[C@@H](O)[C@@H](O)C1. The number of carbonyl (C=O) groups excluding carboxylic acids is 1. The van der Waals surface area contributed by atoms with Crippen LogP contribution in [-0.2, 0) is 4.79 Å². The van der Waals surface area contributed by atoms with Gasteiger partial charge in [0.25, 0.3) is 5.91 Å². The molecule has 106 valence electrons. The Morgan fingerprint density at radius 1 is 1.35 bits per heavy atom. The minimum atomic E-state index is -0.902. The molecule has 1 aliphatic heterocycles. The summed E-state index contributed by atoms with van der Waals surface area (Å²) in [4.78, 5) is 13.5. The van der Waals surface area contributed by atoms with Crippen LogP contribution in [-0.4, -0.2) is 52.4 Å². The van der Waals surface area contributed by atoms with Gasteiger partial charge in [0, 0.05) is 13.1 Å². The van der Waals surface area contributed by atoms with E-state index in [9.17, 15) is 15.0 Å². The molecule has 1 aromatic rings. The highest BCUT2D eigenvalue weighted by Crippen LogP contribution is 2.16. The van der Waals surface area contributed by atoms with Crippen molar-refractivity contribution >= 4 is 5.91 Å². The van der Waals surface area contributed by atoms with E-state index < -0.39 is 18.3 Å². The first-order chi connectivity index (χ1) is 9.51. The number of carbonyl (C=O) groups is 1. The maximum atomic E-state index is 12.1. The quantitative estimate of drug-likeness (QED) is 0.803. The van der Waals surface area contributed by atoms with E-state index >= 15 is 0 Å². The summed E-state index contributed by atoms with van der Waals surface area (Å²) >= 11 is 0. The number of amides is 1. The topological polar surface area (TPSA) is 93.8 Å². The molecule has 0 saturated carbocycles. The fourth-order valence-electron chi connectivity index (χ4n) is 2.07. The van der Waals surface area contributed by atoms with Gasteiger partial charge in [0.15, 0.2) is 6.10 Å². The van der Waals surface area contributed by atoms with Crippen molar-refractivity contribution in [2.24, 2.45) is 0 Å². The Balaban J connectivity index is 1.95. The van der Waals surface area contributed by atoms with Crippen LogP contribution in [0.15, 0.2) is 24.3 Å². The van der Waals surface area contributed by atoms with E-state index in [1.54, 1.807) is 31.2 Å². The van der Waals surface area contributed by atoms with Gasteiger partial charge in [-0.15, -0.1) is 0 Å². The van der Waals surface area contributed by atoms with Crippen molar-refractivity contribution in [3.05, 3.63) is 29.8 Å². The minimum absolute atomic E-state index is 0.112. The lowest BCUT2D eigenvalue weighted by atomic mass is 10.2. The number of benzene rings is 1. The van der Waals surface area contributed by atoms with Crippen LogP contribution in [0.3, 0.4) is 0 Å². The van der Waals surface area contributed by atoms with Gasteiger partial charge in [0.05, 0.1) is 23.8 Å². The zero-order valence-electron chi connectivity index (χ0n) is 11.1. The van der Waals surface area contributed by atoms with Crippen molar-refractivity contribution in [3.8, 4) is 11.8 Å². The van der Waals surface area contributed by atoms with Gasteiger partial charge in [-0.1, -0.05) is 0 Å². The summed E-state index contributed by atoms with van der Waals surface area (Å²) in [6.45, 7) is 1.83. The normalized spacial score (nSPS) is 23.2. The van der Waals surface area contributed by atoms with E-state index in [0.29, 0.717) is 11.3 Å². The van der Waals surface area contributed by atoms with Gasteiger partial charge in [-0.05, 0) is 31.2 Å². The summed E-state index contributed by atoms with van der Waals surface area (Å²) in [5.41, 5.74) is 0.516. The van der Waals surface area contributed by atoms with Crippen LogP contribution in [0.4, 0.5) is 0 Å². The molecule has 0 spiro atoms. The Hall–Kier alpha value is -2.10. The number of aliphatic hydroxyl groups is 2. The molecule has 1 aromatic carbocycles. The Labute approximate surface area is 116 Å². The molecular formula is C14H16N2O4. The fraction of sp³-hybridized carbons (Fsp3) is 0.429. The summed E-state index contributed by atoms with van der Waals surface area (Å²) < 4.78 is 5.49. The predicted molar refractivity (Wildman–Crippen MR) is 69.8 cm³/mol. The van der Waals surface area contributed by atoms with E-state index in [4.69, 9.17) is 10.00 Å². The molecule has 0 aromatic heterocycles. The molecule has 0 radical (unpaired) electrons. The van der Waals surface area contributed by atoms with Crippen molar-refractivity contribution in [2.45, 2.75) is 25.2 Å². The summed E-state index contributed by atoms with van der Waals surface area (Å²) in [6.07, 6.45) is -2.53. The molecule has 20 heavy (non-hydrogen) atoms. The predicted octanol–water partition coefficient (Wildman–Crippen LogP) is -0.110. The number of hydrogen-bond acceptors (Lipinski definition) is 5. The van der Waals surface area contributed by atoms with E-state index in [2.05, 4.69) is 0 Å². The lowest BCUT2D eigenvalue weighted by Gasteiger charge is -2.21. The molecule has 1 aliphatic rings. The van der Waals surface area contributed by atoms with Crippen LogP contribution in [0.25, 0.3) is 0 Å². The molecule has 1 heterocycles. The number of nitriles is 1. The van der Waals surface area contributed by atoms with Crippen LogP contribution in [0.5, 0.6) is 5.75 Å². The van der Waals surface area contributed by atoms with E-state index in [-0.39, 0.29) is 19.0 Å². The van der Waals surface area contributed by atoms with Crippen LogP contribution in [0, 0.1) is 11.3 Å². The largest absolute Gasteiger partial charge is 0.481 e. The van der Waals surface area contributed by atoms with Crippen LogP contribution in [0.2, 0.25) is 0 Å². The molecule has 0 aliphatic carbocycles. The van der Waals surface area contributed by atoms with Gasteiger partial charge in [-0.3, -0.25) is 4.79 Å². The number of likely N-dealkylation sites (tertiary alicyclic amines) is 1. The molecule has 0 bridgehead atoms. The third-order valence-corrected chi connectivity index (χ3v) is 3.21. The standard InChI is InChI=1S/C14H16N2O4/c1-9(14(19)16-7-12(17)13(18)8-16)20-11-4-2-10(6-15)3-5-11/h2-5,9,12-13,17-18H,7-8H2,1H3/t9?,12-,13+. The van der Waals surface area contributed by atoms with Crippen molar-refractivity contribution in [3.63, 3.8) is 0 Å². The second-order valence-electron chi connectivity index (χ2n) is 4.77. The molecule has 1 amide bonds. The van der Waals surface area contributed by atoms with E-state index in [1.807, 2.05) is 6.07 Å². The van der Waals surface area contributed by atoms with Crippen LogP contribution in [0.1, 0.15) is 12.5 Å². The molecular weight excluding hydrogens is 260 g/mol. The zero-order chi connectivity index (χ0) is 14.7. The first-order valence-corrected chi connectivity index (χ1v) is 6.33. The minimum Gasteiger partial charge on any atom is -0.481 e. The number of ether oxygens (including phenoxy) is 1. The third kappa shape index (κ3) is 3.07. The Kier molecular flexibility index (Phi) is 4.23. The number of nitrogens with zero attached hydrogens (tertiary/aromatic N) is 2. The van der Waals surface area contributed by atoms with Gasteiger partial charge < -0.3 is 19.8 Å². The second-order valence-corrected chi connectivity index (χ2v) is 4.77. The molecule has 6 nitrogen and oxygen atoms in total. The monoisotopic (exact) mass is 276 g/mol. The Bertz CT molecular complexity index is 513. The summed E-state index contributed by atoms with van der Waals surface area (Å²) in [7, 11) is 0. The zero-order valence-corrected chi connectivity index (χ0v) is 11.1. The summed E-state index contributed by atoms with van der Waals surface area (Å²) in [5, 5.41) is 27.6. The summed E-state index contributed by atoms with van der Waals surface area (Å²) in [6, 6.07) is 8.45. The molecule has 1 saturated heterocycles. The highest BCUT2D eigenvalue weighted by atomic mass is 16.5. The number of β-amino-alcohol motifs (C(OH)–C–C–N with tert-alkyl or cyclic N) is 2. The molecule has 6 heteroatoms. The maximum absolute atomic E-state index is 12.1. The van der Waals surface area contributed by atoms with Crippen molar-refractivity contribution in [2.75, 3.05) is 13.1 Å². The lowest BCUT2D eigenvalue weighted by molar-refractivity contribution is -0.137. The van der Waals surface area contributed by atoms with Gasteiger partial charge in [-0.25, -0.2) is 0 Å². The highest BCUT2D eigenvalue weighted by Gasteiger charge is 2.34.